The molecule has 1 unspecified atom stereocenters. The Kier molecular flexibility index (Phi) is 5.81. The molecule has 0 radical (unpaired) electrons. The summed E-state index contributed by atoms with van der Waals surface area (Å²) in [6.45, 7) is 2.70. The molecule has 8 nitrogen and oxygen atoms in total. The SMILES string of the molecule is O=C(C[N+]12CCC(CC1)[C@@H](OC(=O)C(O)(c1ccsc1)C1CCCC1)C2)Nc1ccon1. The van der Waals surface area contributed by atoms with E-state index in [1.54, 1.807) is 6.07 Å². The molecule has 3 aliphatic heterocycles. The van der Waals surface area contributed by atoms with Crippen molar-refractivity contribution in [3.8, 4) is 0 Å². The van der Waals surface area contributed by atoms with E-state index in [1.807, 2.05) is 16.8 Å². The molecule has 1 aliphatic carbocycles. The number of hydrogen-bond acceptors (Lipinski definition) is 7. The Bertz CT molecular complexity index is 933. The van der Waals surface area contributed by atoms with Gasteiger partial charge in [0, 0.05) is 36.3 Å². The van der Waals surface area contributed by atoms with Crippen LogP contribution in [0.2, 0.25) is 0 Å². The van der Waals surface area contributed by atoms with Crippen LogP contribution in [0.5, 0.6) is 0 Å². The summed E-state index contributed by atoms with van der Waals surface area (Å²) in [6.07, 6.45) is 6.67. The van der Waals surface area contributed by atoms with Crippen LogP contribution < -0.4 is 5.32 Å². The van der Waals surface area contributed by atoms with E-state index in [1.165, 1.54) is 17.6 Å². The molecule has 1 amide bonds. The number of amides is 1. The second-order valence-corrected chi connectivity index (χ2v) is 10.4. The zero-order valence-corrected chi connectivity index (χ0v) is 18.9. The van der Waals surface area contributed by atoms with Gasteiger partial charge < -0.3 is 24.2 Å². The van der Waals surface area contributed by atoms with Crippen LogP contribution in [-0.4, -0.2) is 58.9 Å². The van der Waals surface area contributed by atoms with Gasteiger partial charge in [-0.2, -0.15) is 11.3 Å². The van der Waals surface area contributed by atoms with Gasteiger partial charge in [-0.25, -0.2) is 4.79 Å². The van der Waals surface area contributed by atoms with Crippen LogP contribution in [0.4, 0.5) is 5.82 Å². The third kappa shape index (κ3) is 3.97. The second kappa shape index (κ2) is 8.61. The molecule has 2 atom stereocenters. The Balaban J connectivity index is 1.29. The Hall–Kier alpha value is -2.23. The highest BCUT2D eigenvalue weighted by atomic mass is 32.1. The fourth-order valence-corrected chi connectivity index (χ4v) is 6.62. The van der Waals surface area contributed by atoms with E-state index in [0.29, 0.717) is 29.0 Å². The molecule has 5 heterocycles. The van der Waals surface area contributed by atoms with Gasteiger partial charge >= 0.3 is 5.97 Å². The summed E-state index contributed by atoms with van der Waals surface area (Å²) in [6, 6.07) is 3.45. The fourth-order valence-electron chi connectivity index (χ4n) is 5.91. The highest BCUT2D eigenvalue weighted by molar-refractivity contribution is 7.08. The van der Waals surface area contributed by atoms with Crippen LogP contribution in [0, 0.1) is 11.8 Å². The molecule has 2 bridgehead atoms. The molecule has 4 aliphatic rings. The minimum Gasteiger partial charge on any atom is -0.454 e. The molecule has 32 heavy (non-hydrogen) atoms. The fraction of sp³-hybridized carbons (Fsp3) is 0.609. The first kappa shape index (κ1) is 21.6. The number of thiophene rings is 1. The summed E-state index contributed by atoms with van der Waals surface area (Å²) in [5.41, 5.74) is -0.936. The predicted octanol–water partition coefficient (Wildman–Crippen LogP) is 2.90. The summed E-state index contributed by atoms with van der Waals surface area (Å²) >= 11 is 1.48. The number of carbonyl (C=O) groups excluding carboxylic acids is 2. The van der Waals surface area contributed by atoms with Crippen molar-refractivity contribution in [2.45, 2.75) is 50.2 Å². The number of nitrogens with zero attached hydrogens (tertiary/aromatic N) is 2. The molecule has 2 N–H and O–H groups in total. The second-order valence-electron chi connectivity index (χ2n) is 9.60. The number of aliphatic hydroxyl groups is 1. The number of rotatable bonds is 7. The number of aromatic nitrogens is 1. The van der Waals surface area contributed by atoms with E-state index in [4.69, 9.17) is 9.26 Å². The minimum atomic E-state index is -1.59. The zero-order valence-electron chi connectivity index (χ0n) is 18.1. The Morgan fingerprint density at radius 1 is 1.25 bits per heavy atom. The van der Waals surface area contributed by atoms with Gasteiger partial charge in [-0.3, -0.25) is 4.79 Å². The monoisotopic (exact) mass is 460 g/mol. The normalized spacial score (nSPS) is 29.5. The van der Waals surface area contributed by atoms with E-state index < -0.39 is 11.6 Å². The zero-order chi connectivity index (χ0) is 22.2. The van der Waals surface area contributed by atoms with Gasteiger partial charge in [0.1, 0.15) is 12.8 Å². The predicted molar refractivity (Wildman–Crippen MR) is 118 cm³/mol. The summed E-state index contributed by atoms with van der Waals surface area (Å²) in [7, 11) is 0. The van der Waals surface area contributed by atoms with Crippen molar-refractivity contribution in [1.82, 2.24) is 5.16 Å². The first-order valence-electron chi connectivity index (χ1n) is 11.5. The molecule has 9 heteroatoms. The van der Waals surface area contributed by atoms with E-state index >= 15 is 0 Å². The van der Waals surface area contributed by atoms with Gasteiger partial charge in [0.2, 0.25) is 0 Å². The van der Waals surface area contributed by atoms with Crippen molar-refractivity contribution in [3.63, 3.8) is 0 Å². The first-order chi connectivity index (χ1) is 15.5. The lowest BCUT2D eigenvalue weighted by molar-refractivity contribution is -0.939. The quantitative estimate of drug-likeness (QED) is 0.487. The summed E-state index contributed by atoms with van der Waals surface area (Å²) in [5.74, 6) is -0.0628. The maximum absolute atomic E-state index is 13.5. The average Bonchev–Trinajstić information content (AvgIpc) is 3.57. The average molecular weight is 461 g/mol. The number of anilines is 1. The lowest BCUT2D eigenvalue weighted by atomic mass is 9.80. The third-order valence-electron chi connectivity index (χ3n) is 7.70. The van der Waals surface area contributed by atoms with Crippen LogP contribution in [0.15, 0.2) is 33.7 Å². The Labute approximate surface area is 191 Å². The van der Waals surface area contributed by atoms with Crippen LogP contribution in [0.3, 0.4) is 0 Å². The lowest BCUT2D eigenvalue weighted by Crippen LogP contribution is -2.66. The van der Waals surface area contributed by atoms with Gasteiger partial charge in [-0.1, -0.05) is 18.0 Å². The number of hydrogen-bond donors (Lipinski definition) is 2. The molecule has 6 rings (SSSR count). The van der Waals surface area contributed by atoms with E-state index in [-0.39, 0.29) is 23.8 Å². The van der Waals surface area contributed by atoms with Crippen molar-refractivity contribution < 1.29 is 28.4 Å². The van der Waals surface area contributed by atoms with Crippen LogP contribution >= 0.6 is 11.3 Å². The highest BCUT2D eigenvalue weighted by Gasteiger charge is 2.53. The molecular weight excluding hydrogens is 430 g/mol. The van der Waals surface area contributed by atoms with E-state index in [2.05, 4.69) is 10.5 Å². The van der Waals surface area contributed by atoms with Crippen molar-refractivity contribution in [1.29, 1.82) is 0 Å². The number of carbonyl (C=O) groups is 2. The third-order valence-corrected chi connectivity index (χ3v) is 8.39. The molecule has 3 saturated heterocycles. The first-order valence-corrected chi connectivity index (χ1v) is 12.4. The number of fused-ring (bicyclic) bond motifs is 3. The van der Waals surface area contributed by atoms with Crippen molar-refractivity contribution in [3.05, 3.63) is 34.7 Å². The molecule has 0 spiro atoms. The van der Waals surface area contributed by atoms with Crippen molar-refractivity contribution in [2.75, 3.05) is 31.5 Å². The van der Waals surface area contributed by atoms with Crippen molar-refractivity contribution in [2.24, 2.45) is 11.8 Å². The molecule has 0 aromatic carbocycles. The lowest BCUT2D eigenvalue weighted by Gasteiger charge is -2.51. The standard InChI is InChI=1S/C23H29N3O5S/c27-21(24-20-7-11-30-25-20)14-26-9-5-16(6-10-26)19(13-26)31-22(28)23(29,17-3-1-2-4-17)18-8-12-32-15-18/h7-8,11-12,15-17,19,29H,1-6,9-10,13-14H2/p+1/t16?,19-,23?,26?/m0/s1. The molecule has 1 saturated carbocycles. The minimum absolute atomic E-state index is 0.109. The van der Waals surface area contributed by atoms with Crippen LogP contribution in [0.25, 0.3) is 0 Å². The highest BCUT2D eigenvalue weighted by Crippen LogP contribution is 2.43. The topological polar surface area (TPSA) is 102 Å². The van der Waals surface area contributed by atoms with Gasteiger partial charge in [-0.15, -0.1) is 0 Å². The van der Waals surface area contributed by atoms with Gasteiger partial charge in [0.05, 0.1) is 13.1 Å². The Morgan fingerprint density at radius 3 is 2.69 bits per heavy atom. The number of esters is 1. The van der Waals surface area contributed by atoms with Crippen LogP contribution in [-0.2, 0) is 19.9 Å². The summed E-state index contributed by atoms with van der Waals surface area (Å²) < 4.78 is 11.5. The van der Waals surface area contributed by atoms with Crippen LogP contribution in [0.1, 0.15) is 44.1 Å². The van der Waals surface area contributed by atoms with E-state index in [0.717, 1.165) is 51.6 Å². The summed E-state index contributed by atoms with van der Waals surface area (Å²) in [5, 5.41) is 21.9. The maximum atomic E-state index is 13.5. The number of nitrogens with one attached hydrogen (secondary N) is 1. The Morgan fingerprint density at radius 2 is 2.03 bits per heavy atom. The molecular formula is C23H30N3O5S+. The van der Waals surface area contributed by atoms with E-state index in [9.17, 15) is 14.7 Å². The smallest absolute Gasteiger partial charge is 0.343 e. The summed E-state index contributed by atoms with van der Waals surface area (Å²) in [4.78, 5) is 26.1. The number of ether oxygens (including phenoxy) is 1. The van der Waals surface area contributed by atoms with Crippen molar-refractivity contribution >= 4 is 29.0 Å². The van der Waals surface area contributed by atoms with Gasteiger partial charge in [0.25, 0.3) is 5.91 Å². The van der Waals surface area contributed by atoms with Gasteiger partial charge in [0.15, 0.2) is 24.1 Å². The molecule has 2 aromatic heterocycles. The maximum Gasteiger partial charge on any atom is 0.343 e. The molecule has 4 fully saturated rings. The number of quaternary nitrogens is 1. The largest absolute Gasteiger partial charge is 0.454 e. The number of piperidine rings is 3. The van der Waals surface area contributed by atoms with Gasteiger partial charge in [-0.05, 0) is 29.7 Å². The molecule has 172 valence electrons. The molecule has 2 aromatic rings.